The van der Waals surface area contributed by atoms with E-state index in [0.29, 0.717) is 0 Å². The van der Waals surface area contributed by atoms with Crippen LogP contribution in [0.2, 0.25) is 0 Å². The molecule has 0 heterocycles. The first-order valence-electron chi connectivity index (χ1n) is 5.28. The van der Waals surface area contributed by atoms with Crippen molar-refractivity contribution in [2.75, 3.05) is 18.0 Å². The molecule has 7 N–H and O–H groups in total. The molecule has 7 heteroatoms. The van der Waals surface area contributed by atoms with Gasteiger partial charge < -0.3 is 27.0 Å². The first-order chi connectivity index (χ1) is 8.32. The number of hydrogen-bond acceptors (Lipinski definition) is 5. The molecular formula is C11H16FN3O3. The summed E-state index contributed by atoms with van der Waals surface area (Å²) in [5.41, 5.74) is 11.0. The average Bonchev–Trinajstić information content (AvgIpc) is 2.29. The van der Waals surface area contributed by atoms with Gasteiger partial charge in [-0.15, -0.1) is 0 Å². The molecule has 1 aromatic carbocycles. The zero-order chi connectivity index (χ0) is 13.9. The van der Waals surface area contributed by atoms with E-state index < -0.39 is 18.0 Å². The van der Waals surface area contributed by atoms with Crippen LogP contribution >= 0.6 is 0 Å². The van der Waals surface area contributed by atoms with Gasteiger partial charge in [0.1, 0.15) is 18.0 Å². The lowest BCUT2D eigenvalue weighted by Gasteiger charge is -2.20. The number of hydrogen-bond donors (Lipinski definition) is 5. The normalized spacial score (nSPS) is 14.0. The van der Waals surface area contributed by atoms with Gasteiger partial charge in [0, 0.05) is 19.0 Å². The predicted octanol–water partition coefficient (Wildman–Crippen LogP) is -0.479. The monoisotopic (exact) mass is 257 g/mol. The Morgan fingerprint density at radius 1 is 1.44 bits per heavy atom. The Balaban J connectivity index is 2.89. The largest absolute Gasteiger partial charge is 0.397 e. The Morgan fingerprint density at radius 2 is 2.06 bits per heavy atom. The van der Waals surface area contributed by atoms with Crippen LogP contribution in [0.15, 0.2) is 12.1 Å². The van der Waals surface area contributed by atoms with E-state index in [-0.39, 0.29) is 29.4 Å². The number of halogens is 1. The smallest absolute Gasteiger partial charge is 0.216 e. The predicted molar refractivity (Wildman–Crippen MR) is 64.9 cm³/mol. The maximum atomic E-state index is 13.1. The third-order valence-corrected chi connectivity index (χ3v) is 2.45. The Kier molecular flexibility index (Phi) is 4.46. The summed E-state index contributed by atoms with van der Waals surface area (Å²) in [6.07, 6.45) is -2.74. The van der Waals surface area contributed by atoms with Gasteiger partial charge >= 0.3 is 0 Å². The topological polar surface area (TPSA) is 122 Å². The molecule has 100 valence electrons. The molecule has 2 atom stereocenters. The van der Waals surface area contributed by atoms with Gasteiger partial charge in [-0.2, -0.15) is 0 Å². The van der Waals surface area contributed by atoms with Crippen LogP contribution in [0.4, 0.5) is 15.8 Å². The molecule has 1 aromatic rings. The summed E-state index contributed by atoms with van der Waals surface area (Å²) in [6.45, 7) is 1.10. The maximum absolute atomic E-state index is 13.1. The minimum atomic E-state index is -1.44. The van der Waals surface area contributed by atoms with Crippen LogP contribution in [0.1, 0.15) is 18.6 Å². The first kappa shape index (κ1) is 14.2. The second-order valence-corrected chi connectivity index (χ2v) is 3.95. The van der Waals surface area contributed by atoms with Crippen LogP contribution in [-0.2, 0) is 4.79 Å². The molecule has 0 saturated carbocycles. The van der Waals surface area contributed by atoms with Crippen molar-refractivity contribution in [2.45, 2.75) is 19.1 Å². The zero-order valence-corrected chi connectivity index (χ0v) is 9.85. The number of carbonyl (C=O) groups excluding carboxylic acids is 1. The molecule has 0 spiro atoms. The van der Waals surface area contributed by atoms with E-state index in [2.05, 4.69) is 5.32 Å². The van der Waals surface area contributed by atoms with Crippen molar-refractivity contribution in [3.63, 3.8) is 0 Å². The molecule has 0 fully saturated rings. The number of aliphatic hydroxyl groups excluding tert-OH is 2. The third kappa shape index (κ3) is 3.31. The summed E-state index contributed by atoms with van der Waals surface area (Å²) in [5, 5.41) is 21.8. The van der Waals surface area contributed by atoms with Crippen LogP contribution in [0.3, 0.4) is 0 Å². The fourth-order valence-electron chi connectivity index (χ4n) is 1.47. The van der Waals surface area contributed by atoms with Crippen LogP contribution in [0.5, 0.6) is 0 Å². The molecule has 18 heavy (non-hydrogen) atoms. The summed E-state index contributed by atoms with van der Waals surface area (Å²) in [6, 6.07) is 2.01. The minimum absolute atomic E-state index is 0.00535. The van der Waals surface area contributed by atoms with Gasteiger partial charge in [-0.05, 0) is 12.1 Å². The Labute approximate surface area is 103 Å². The van der Waals surface area contributed by atoms with Crippen molar-refractivity contribution >= 4 is 17.3 Å². The van der Waals surface area contributed by atoms with Crippen LogP contribution in [-0.4, -0.2) is 28.8 Å². The molecule has 6 nitrogen and oxygen atoms in total. The van der Waals surface area contributed by atoms with Crippen molar-refractivity contribution < 1.29 is 19.4 Å². The average molecular weight is 257 g/mol. The van der Waals surface area contributed by atoms with Crippen LogP contribution in [0.25, 0.3) is 0 Å². The van der Waals surface area contributed by atoms with Gasteiger partial charge in [-0.3, -0.25) is 4.79 Å². The number of anilines is 2. The molecule has 2 unspecified atom stereocenters. The Morgan fingerprint density at radius 3 is 2.61 bits per heavy atom. The fraction of sp³-hybridized carbons (Fsp3) is 0.364. The van der Waals surface area contributed by atoms with E-state index in [0.717, 1.165) is 12.1 Å². The highest BCUT2D eigenvalue weighted by Crippen LogP contribution is 2.28. The van der Waals surface area contributed by atoms with Crippen molar-refractivity contribution in [3.8, 4) is 0 Å². The second-order valence-electron chi connectivity index (χ2n) is 3.95. The Bertz CT molecular complexity index is 453. The van der Waals surface area contributed by atoms with E-state index in [1.165, 1.54) is 6.92 Å². The molecule has 0 aliphatic carbocycles. The van der Waals surface area contributed by atoms with Crippen molar-refractivity contribution in [1.82, 2.24) is 5.32 Å². The zero-order valence-electron chi connectivity index (χ0n) is 9.85. The van der Waals surface area contributed by atoms with Gasteiger partial charge in [-0.25, -0.2) is 4.39 Å². The molecule has 0 radical (unpaired) electrons. The van der Waals surface area contributed by atoms with E-state index >= 15 is 0 Å². The number of rotatable bonds is 4. The number of aliphatic hydroxyl groups is 2. The molecule has 0 bridgehead atoms. The fourth-order valence-corrected chi connectivity index (χ4v) is 1.47. The number of carbonyl (C=O) groups is 1. The van der Waals surface area contributed by atoms with Gasteiger partial charge in [0.2, 0.25) is 5.91 Å². The number of benzene rings is 1. The van der Waals surface area contributed by atoms with Crippen molar-refractivity contribution in [3.05, 3.63) is 23.5 Å². The summed E-state index contributed by atoms with van der Waals surface area (Å²) in [4.78, 5) is 10.7. The number of nitrogens with two attached hydrogens (primary N) is 2. The highest BCUT2D eigenvalue weighted by atomic mass is 19.1. The number of nitrogen functional groups attached to an aromatic ring is 2. The SMILES string of the molecule is CC(=O)NCC(O)C(O)c1cc(F)cc(N)c1N. The van der Waals surface area contributed by atoms with Crippen molar-refractivity contribution in [1.29, 1.82) is 0 Å². The Hall–Kier alpha value is -1.86. The summed E-state index contributed by atoms with van der Waals surface area (Å²) in [5.74, 6) is -1.02. The van der Waals surface area contributed by atoms with Gasteiger partial charge in [0.15, 0.2) is 0 Å². The molecule has 0 aromatic heterocycles. The summed E-state index contributed by atoms with van der Waals surface area (Å²) >= 11 is 0. The lowest BCUT2D eigenvalue weighted by atomic mass is 10.0. The molecule has 0 aliphatic heterocycles. The quantitative estimate of drug-likeness (QED) is 0.466. The molecule has 1 amide bonds. The summed E-state index contributed by atoms with van der Waals surface area (Å²) < 4.78 is 13.1. The van der Waals surface area contributed by atoms with Gasteiger partial charge in [0.05, 0.1) is 11.4 Å². The van der Waals surface area contributed by atoms with E-state index in [1.807, 2.05) is 0 Å². The van der Waals surface area contributed by atoms with E-state index in [1.54, 1.807) is 0 Å². The molecular weight excluding hydrogens is 241 g/mol. The lowest BCUT2D eigenvalue weighted by Crippen LogP contribution is -2.34. The minimum Gasteiger partial charge on any atom is -0.397 e. The highest BCUT2D eigenvalue weighted by molar-refractivity contribution is 5.72. The molecule has 1 rings (SSSR count). The first-order valence-corrected chi connectivity index (χ1v) is 5.28. The van der Waals surface area contributed by atoms with Crippen molar-refractivity contribution in [2.24, 2.45) is 0 Å². The summed E-state index contributed by atoms with van der Waals surface area (Å²) in [7, 11) is 0. The molecule has 0 saturated heterocycles. The van der Waals surface area contributed by atoms with Crippen LogP contribution in [0, 0.1) is 5.82 Å². The highest BCUT2D eigenvalue weighted by Gasteiger charge is 2.22. The third-order valence-electron chi connectivity index (χ3n) is 2.45. The standard InChI is InChI=1S/C11H16FN3O3/c1-5(16)15-4-9(17)11(18)7-2-6(12)3-8(13)10(7)14/h2-3,9,11,17-18H,4,13-14H2,1H3,(H,15,16). The van der Waals surface area contributed by atoms with Gasteiger partial charge in [0.25, 0.3) is 0 Å². The number of amides is 1. The second kappa shape index (κ2) is 5.65. The number of nitrogens with one attached hydrogen (secondary N) is 1. The maximum Gasteiger partial charge on any atom is 0.216 e. The van der Waals surface area contributed by atoms with E-state index in [4.69, 9.17) is 11.5 Å². The van der Waals surface area contributed by atoms with E-state index in [9.17, 15) is 19.4 Å². The molecule has 0 aliphatic rings. The van der Waals surface area contributed by atoms with Crippen LogP contribution < -0.4 is 16.8 Å². The van der Waals surface area contributed by atoms with Gasteiger partial charge in [-0.1, -0.05) is 0 Å². The lowest BCUT2D eigenvalue weighted by molar-refractivity contribution is -0.119.